The van der Waals surface area contributed by atoms with E-state index in [9.17, 15) is 0 Å². The van der Waals surface area contributed by atoms with Gasteiger partial charge in [-0.3, -0.25) is 4.98 Å². The summed E-state index contributed by atoms with van der Waals surface area (Å²) in [5.41, 5.74) is 2.92. The van der Waals surface area contributed by atoms with E-state index in [2.05, 4.69) is 48.9 Å². The fourth-order valence-corrected chi connectivity index (χ4v) is 4.13. The number of nitrogens with zero attached hydrogens (tertiary/aromatic N) is 5. The molecule has 0 N–H and O–H groups in total. The minimum atomic E-state index is 0.652. The van der Waals surface area contributed by atoms with Crippen molar-refractivity contribution in [2.75, 3.05) is 43.1 Å². The van der Waals surface area contributed by atoms with Crippen molar-refractivity contribution < 1.29 is 4.74 Å². The lowest BCUT2D eigenvalue weighted by molar-refractivity contribution is 0.415. The lowest BCUT2D eigenvalue weighted by Gasteiger charge is -2.37. The maximum atomic E-state index is 5.28. The Kier molecular flexibility index (Phi) is 5.42. The number of methoxy groups -OCH3 is 1. The van der Waals surface area contributed by atoms with Crippen molar-refractivity contribution in [1.29, 1.82) is 0 Å². The van der Waals surface area contributed by atoms with E-state index >= 15 is 0 Å². The third kappa shape index (κ3) is 4.05. The van der Waals surface area contributed by atoms with Crippen LogP contribution in [0.1, 0.15) is 0 Å². The van der Waals surface area contributed by atoms with Crippen molar-refractivity contribution >= 4 is 38.3 Å². The van der Waals surface area contributed by atoms with E-state index in [1.807, 2.05) is 42.5 Å². The van der Waals surface area contributed by atoms with Crippen LogP contribution in [0.2, 0.25) is 0 Å². The van der Waals surface area contributed by atoms with Crippen LogP contribution in [0.5, 0.6) is 5.75 Å². The Morgan fingerprint density at radius 1 is 0.839 bits per heavy atom. The topological polar surface area (TPSA) is 54.4 Å². The van der Waals surface area contributed by atoms with Gasteiger partial charge >= 0.3 is 0 Å². The van der Waals surface area contributed by atoms with Gasteiger partial charge in [-0.05, 0) is 64.5 Å². The van der Waals surface area contributed by atoms with E-state index in [1.54, 1.807) is 13.3 Å². The quantitative estimate of drug-likeness (QED) is 0.422. The number of rotatable bonds is 4. The summed E-state index contributed by atoms with van der Waals surface area (Å²) >= 11 is 3.44. The Morgan fingerprint density at radius 2 is 1.58 bits per heavy atom. The Morgan fingerprint density at radius 3 is 2.29 bits per heavy atom. The van der Waals surface area contributed by atoms with Gasteiger partial charge in [0.05, 0.1) is 12.6 Å². The molecule has 7 heteroatoms. The van der Waals surface area contributed by atoms with Crippen LogP contribution in [0.3, 0.4) is 0 Å². The summed E-state index contributed by atoms with van der Waals surface area (Å²) in [5, 5.41) is 1.07. The largest absolute Gasteiger partial charge is 0.497 e. The third-order valence-corrected chi connectivity index (χ3v) is 6.03. The summed E-state index contributed by atoms with van der Waals surface area (Å²) in [6.45, 7) is 3.63. The third-order valence-electron chi connectivity index (χ3n) is 5.56. The Bertz CT molecular complexity index is 1190. The molecular formula is C24H22BrN5O. The van der Waals surface area contributed by atoms with Crippen LogP contribution >= 0.6 is 15.9 Å². The second kappa shape index (κ2) is 8.51. The number of para-hydroxylation sites is 1. The van der Waals surface area contributed by atoms with E-state index in [0.717, 1.165) is 58.8 Å². The van der Waals surface area contributed by atoms with Crippen molar-refractivity contribution in [2.45, 2.75) is 0 Å². The zero-order valence-corrected chi connectivity index (χ0v) is 18.8. The fourth-order valence-electron chi connectivity index (χ4n) is 3.89. The Balaban J connectivity index is 1.43. The van der Waals surface area contributed by atoms with Crippen LogP contribution < -0.4 is 14.5 Å². The van der Waals surface area contributed by atoms with Gasteiger partial charge in [-0.15, -0.1) is 0 Å². The highest BCUT2D eigenvalue weighted by Gasteiger charge is 2.21. The molecular weight excluding hydrogens is 454 g/mol. The van der Waals surface area contributed by atoms with Crippen LogP contribution in [-0.2, 0) is 0 Å². The molecule has 31 heavy (non-hydrogen) atoms. The van der Waals surface area contributed by atoms with Crippen molar-refractivity contribution in [3.8, 4) is 17.3 Å². The zero-order chi connectivity index (χ0) is 21.2. The molecule has 1 saturated heterocycles. The number of hydrogen-bond acceptors (Lipinski definition) is 6. The minimum Gasteiger partial charge on any atom is -0.497 e. The molecule has 1 aliphatic heterocycles. The molecule has 0 atom stereocenters. The molecule has 0 radical (unpaired) electrons. The first-order chi connectivity index (χ1) is 15.2. The number of fused-ring (bicyclic) bond motifs is 1. The van der Waals surface area contributed by atoms with Crippen molar-refractivity contribution in [3.63, 3.8) is 0 Å². The van der Waals surface area contributed by atoms with Crippen molar-refractivity contribution in [1.82, 2.24) is 15.0 Å². The lowest BCUT2D eigenvalue weighted by Crippen LogP contribution is -2.47. The molecule has 2 aromatic heterocycles. The summed E-state index contributed by atoms with van der Waals surface area (Å²) in [4.78, 5) is 19.0. The average Bonchev–Trinajstić information content (AvgIpc) is 2.84. The van der Waals surface area contributed by atoms with Gasteiger partial charge in [-0.2, -0.15) is 0 Å². The van der Waals surface area contributed by atoms with E-state index < -0.39 is 0 Å². The highest BCUT2D eigenvalue weighted by molar-refractivity contribution is 9.10. The predicted octanol–water partition coefficient (Wildman–Crippen LogP) is 4.79. The van der Waals surface area contributed by atoms with Crippen LogP contribution in [-0.4, -0.2) is 48.2 Å². The molecule has 6 nitrogen and oxygen atoms in total. The zero-order valence-electron chi connectivity index (χ0n) is 17.2. The highest BCUT2D eigenvalue weighted by atomic mass is 79.9. The number of ether oxygens (including phenoxy) is 1. The second-order valence-electron chi connectivity index (χ2n) is 7.42. The molecule has 0 spiro atoms. The van der Waals surface area contributed by atoms with Crippen LogP contribution in [0.15, 0.2) is 71.3 Å². The molecule has 4 aromatic rings. The molecule has 0 bridgehead atoms. The molecule has 3 heterocycles. The Hall–Kier alpha value is -3.19. The monoisotopic (exact) mass is 475 g/mol. The van der Waals surface area contributed by atoms with Crippen molar-refractivity contribution in [2.24, 2.45) is 0 Å². The van der Waals surface area contributed by atoms with Gasteiger partial charge in [0.25, 0.3) is 0 Å². The number of benzene rings is 2. The highest BCUT2D eigenvalue weighted by Crippen LogP contribution is 2.29. The number of anilines is 2. The van der Waals surface area contributed by atoms with Crippen LogP contribution in [0.25, 0.3) is 22.4 Å². The normalized spacial score (nSPS) is 14.1. The van der Waals surface area contributed by atoms with E-state index in [0.29, 0.717) is 5.82 Å². The molecule has 156 valence electrons. The second-order valence-corrected chi connectivity index (χ2v) is 8.34. The molecule has 0 saturated carbocycles. The van der Waals surface area contributed by atoms with Gasteiger partial charge in [-0.25, -0.2) is 9.97 Å². The number of piperazine rings is 1. The number of pyridine rings is 1. The number of aromatic nitrogens is 3. The average molecular weight is 476 g/mol. The first kappa shape index (κ1) is 19.8. The molecule has 0 aliphatic carbocycles. The van der Waals surface area contributed by atoms with Crippen LogP contribution in [0.4, 0.5) is 11.5 Å². The number of halogens is 1. The predicted molar refractivity (Wildman–Crippen MR) is 128 cm³/mol. The van der Waals surface area contributed by atoms with Gasteiger partial charge in [-0.1, -0.05) is 12.1 Å². The van der Waals surface area contributed by atoms with Gasteiger partial charge in [0.1, 0.15) is 17.3 Å². The first-order valence-corrected chi connectivity index (χ1v) is 11.0. The fraction of sp³-hybridized carbons (Fsp3) is 0.208. The van der Waals surface area contributed by atoms with Gasteiger partial charge in [0, 0.05) is 47.9 Å². The maximum absolute atomic E-state index is 5.28. The van der Waals surface area contributed by atoms with Gasteiger partial charge in [0.2, 0.25) is 0 Å². The first-order valence-electron chi connectivity index (χ1n) is 10.2. The molecule has 2 aromatic carbocycles. The SMILES string of the molecule is COc1ccc(N2CCN(c3nc(-c4ccc(Br)cn4)nc4ccccc34)CC2)cc1. The smallest absolute Gasteiger partial charge is 0.180 e. The Labute approximate surface area is 189 Å². The van der Waals surface area contributed by atoms with E-state index in [4.69, 9.17) is 14.7 Å². The molecule has 5 rings (SSSR count). The summed E-state index contributed by atoms with van der Waals surface area (Å²) in [5.74, 6) is 2.50. The standard InChI is InChI=1S/C24H22BrN5O/c1-31-19-9-7-18(8-10-19)29-12-14-30(15-13-29)24-20-4-2-3-5-21(20)27-23(28-24)22-11-6-17(25)16-26-22/h2-11,16H,12-15H2,1H3. The summed E-state index contributed by atoms with van der Waals surface area (Å²) in [6.07, 6.45) is 1.78. The van der Waals surface area contributed by atoms with E-state index in [1.165, 1.54) is 5.69 Å². The number of hydrogen-bond donors (Lipinski definition) is 0. The summed E-state index contributed by atoms with van der Waals surface area (Å²) in [7, 11) is 1.69. The van der Waals surface area contributed by atoms with Gasteiger partial charge < -0.3 is 14.5 Å². The lowest BCUT2D eigenvalue weighted by atomic mass is 10.2. The molecule has 1 fully saturated rings. The van der Waals surface area contributed by atoms with Gasteiger partial charge in [0.15, 0.2) is 5.82 Å². The minimum absolute atomic E-state index is 0.652. The molecule has 1 aliphatic rings. The summed E-state index contributed by atoms with van der Waals surface area (Å²) < 4.78 is 6.21. The van der Waals surface area contributed by atoms with E-state index in [-0.39, 0.29) is 0 Å². The summed E-state index contributed by atoms with van der Waals surface area (Å²) in [6, 6.07) is 20.4. The van der Waals surface area contributed by atoms with Crippen LogP contribution in [0, 0.1) is 0 Å². The maximum Gasteiger partial charge on any atom is 0.180 e. The molecule has 0 amide bonds. The molecule has 0 unspecified atom stereocenters. The van der Waals surface area contributed by atoms with Crippen molar-refractivity contribution in [3.05, 3.63) is 71.3 Å².